The van der Waals surface area contributed by atoms with E-state index in [1.165, 1.54) is 18.4 Å². The van der Waals surface area contributed by atoms with E-state index in [-0.39, 0.29) is 0 Å². The van der Waals surface area contributed by atoms with Crippen LogP contribution in [0, 0.1) is 5.92 Å². The molecule has 1 fully saturated rings. The third-order valence-corrected chi connectivity index (χ3v) is 2.79. The number of nitrogens with two attached hydrogens (primary N) is 1. The molecule has 2 heteroatoms. The molecule has 1 unspecified atom stereocenters. The van der Waals surface area contributed by atoms with Gasteiger partial charge in [0, 0.05) is 12.6 Å². The second-order valence-corrected chi connectivity index (χ2v) is 4.05. The molecule has 2 nitrogen and oxygen atoms in total. The van der Waals surface area contributed by atoms with Crippen LogP contribution in [-0.2, 0) is 0 Å². The highest BCUT2D eigenvalue weighted by Gasteiger charge is 2.22. The molecule has 0 heterocycles. The molecule has 1 atom stereocenters. The zero-order chi connectivity index (χ0) is 9.80. The Morgan fingerprint density at radius 2 is 2.00 bits per heavy atom. The van der Waals surface area contributed by atoms with E-state index in [1.807, 2.05) is 6.07 Å². The summed E-state index contributed by atoms with van der Waals surface area (Å²) < 4.78 is 0. The van der Waals surface area contributed by atoms with Crippen LogP contribution in [0.15, 0.2) is 30.3 Å². The molecule has 1 saturated carbocycles. The summed E-state index contributed by atoms with van der Waals surface area (Å²) in [5, 5.41) is 3.52. The van der Waals surface area contributed by atoms with Crippen LogP contribution in [0.1, 0.15) is 24.4 Å². The van der Waals surface area contributed by atoms with Gasteiger partial charge in [0.2, 0.25) is 0 Å². The van der Waals surface area contributed by atoms with Gasteiger partial charge in [0.1, 0.15) is 0 Å². The molecule has 0 aliphatic heterocycles. The van der Waals surface area contributed by atoms with Gasteiger partial charge in [0.25, 0.3) is 0 Å². The third kappa shape index (κ3) is 2.56. The molecule has 0 radical (unpaired) electrons. The van der Waals surface area contributed by atoms with Crippen molar-refractivity contribution < 1.29 is 0 Å². The Balaban J connectivity index is 1.90. The minimum absolute atomic E-state index is 0.330. The van der Waals surface area contributed by atoms with Crippen molar-refractivity contribution in [1.29, 1.82) is 0 Å². The van der Waals surface area contributed by atoms with Crippen LogP contribution < -0.4 is 11.1 Å². The third-order valence-electron chi connectivity index (χ3n) is 2.79. The molecule has 0 aromatic heterocycles. The topological polar surface area (TPSA) is 38.0 Å². The minimum atomic E-state index is 0.330. The van der Waals surface area contributed by atoms with Crippen molar-refractivity contribution in [3.63, 3.8) is 0 Å². The lowest BCUT2D eigenvalue weighted by Gasteiger charge is -2.16. The lowest BCUT2D eigenvalue weighted by molar-refractivity contribution is 0.522. The molecule has 0 spiro atoms. The zero-order valence-electron chi connectivity index (χ0n) is 8.45. The summed E-state index contributed by atoms with van der Waals surface area (Å²) in [6.07, 6.45) is 2.78. The van der Waals surface area contributed by atoms with Gasteiger partial charge in [-0.15, -0.1) is 0 Å². The standard InChI is InChI=1S/C12H18N2/c13-8-12(14-9-10-6-7-10)11-4-2-1-3-5-11/h1-5,10,12,14H,6-9,13H2. The maximum Gasteiger partial charge on any atom is 0.0444 e. The molecule has 0 saturated heterocycles. The highest BCUT2D eigenvalue weighted by molar-refractivity contribution is 5.19. The van der Waals surface area contributed by atoms with Crippen LogP contribution >= 0.6 is 0 Å². The summed E-state index contributed by atoms with van der Waals surface area (Å²) in [6, 6.07) is 10.8. The van der Waals surface area contributed by atoms with Crippen molar-refractivity contribution >= 4 is 0 Å². The fraction of sp³-hybridized carbons (Fsp3) is 0.500. The fourth-order valence-electron chi connectivity index (χ4n) is 1.65. The molecular formula is C12H18N2. The van der Waals surface area contributed by atoms with Crippen LogP contribution in [0.4, 0.5) is 0 Å². The van der Waals surface area contributed by atoms with Gasteiger partial charge in [-0.3, -0.25) is 0 Å². The van der Waals surface area contributed by atoms with E-state index in [0.29, 0.717) is 12.6 Å². The van der Waals surface area contributed by atoms with Gasteiger partial charge in [-0.25, -0.2) is 0 Å². The Labute approximate surface area is 85.5 Å². The molecule has 76 valence electrons. The van der Waals surface area contributed by atoms with E-state index >= 15 is 0 Å². The van der Waals surface area contributed by atoms with Gasteiger partial charge < -0.3 is 11.1 Å². The second kappa shape index (κ2) is 4.58. The first-order valence-electron chi connectivity index (χ1n) is 5.38. The number of hydrogen-bond acceptors (Lipinski definition) is 2. The average Bonchev–Trinajstić information content (AvgIpc) is 3.04. The predicted molar refractivity (Wildman–Crippen MR) is 59.0 cm³/mol. The first kappa shape index (κ1) is 9.69. The van der Waals surface area contributed by atoms with Crippen LogP contribution in [-0.4, -0.2) is 13.1 Å². The van der Waals surface area contributed by atoms with Crippen LogP contribution in [0.2, 0.25) is 0 Å². The first-order chi connectivity index (χ1) is 6.90. The number of hydrogen-bond donors (Lipinski definition) is 2. The molecule has 14 heavy (non-hydrogen) atoms. The van der Waals surface area contributed by atoms with Crippen molar-refractivity contribution in [2.24, 2.45) is 11.7 Å². The van der Waals surface area contributed by atoms with Gasteiger partial charge in [-0.1, -0.05) is 30.3 Å². The summed E-state index contributed by atoms with van der Waals surface area (Å²) in [7, 11) is 0. The fourth-order valence-corrected chi connectivity index (χ4v) is 1.65. The molecular weight excluding hydrogens is 172 g/mol. The highest BCUT2D eigenvalue weighted by atomic mass is 14.9. The van der Waals surface area contributed by atoms with E-state index in [1.54, 1.807) is 0 Å². The lowest BCUT2D eigenvalue weighted by atomic mass is 10.1. The quantitative estimate of drug-likeness (QED) is 0.741. The van der Waals surface area contributed by atoms with Gasteiger partial charge in [-0.05, 0) is 30.9 Å². The average molecular weight is 190 g/mol. The molecule has 1 aromatic rings. The van der Waals surface area contributed by atoms with Crippen molar-refractivity contribution in [3.8, 4) is 0 Å². The second-order valence-electron chi connectivity index (χ2n) is 4.05. The van der Waals surface area contributed by atoms with Crippen molar-refractivity contribution in [3.05, 3.63) is 35.9 Å². The summed E-state index contributed by atoms with van der Waals surface area (Å²) in [6.45, 7) is 1.80. The first-order valence-corrected chi connectivity index (χ1v) is 5.38. The molecule has 0 bridgehead atoms. The molecule has 1 aliphatic carbocycles. The van der Waals surface area contributed by atoms with Gasteiger partial charge in [-0.2, -0.15) is 0 Å². The Morgan fingerprint density at radius 1 is 1.29 bits per heavy atom. The van der Waals surface area contributed by atoms with E-state index in [4.69, 9.17) is 5.73 Å². The van der Waals surface area contributed by atoms with Crippen molar-refractivity contribution in [2.75, 3.05) is 13.1 Å². The monoisotopic (exact) mass is 190 g/mol. The Kier molecular flexibility index (Phi) is 3.17. The molecule has 2 rings (SSSR count). The molecule has 3 N–H and O–H groups in total. The Bertz CT molecular complexity index is 267. The lowest BCUT2D eigenvalue weighted by Crippen LogP contribution is -2.29. The smallest absolute Gasteiger partial charge is 0.0444 e. The maximum absolute atomic E-state index is 5.75. The van der Waals surface area contributed by atoms with Gasteiger partial charge >= 0.3 is 0 Å². The van der Waals surface area contributed by atoms with E-state index in [9.17, 15) is 0 Å². The number of rotatable bonds is 5. The Morgan fingerprint density at radius 3 is 2.57 bits per heavy atom. The van der Waals surface area contributed by atoms with E-state index in [0.717, 1.165) is 12.5 Å². The highest BCUT2D eigenvalue weighted by Crippen LogP contribution is 2.28. The van der Waals surface area contributed by atoms with Gasteiger partial charge in [0.15, 0.2) is 0 Å². The SMILES string of the molecule is NCC(NCC1CC1)c1ccccc1. The van der Waals surface area contributed by atoms with Crippen molar-refractivity contribution in [1.82, 2.24) is 5.32 Å². The number of nitrogens with one attached hydrogen (secondary N) is 1. The molecule has 1 aliphatic rings. The molecule has 1 aromatic carbocycles. The normalized spacial score (nSPS) is 18.1. The van der Waals surface area contributed by atoms with Crippen molar-refractivity contribution in [2.45, 2.75) is 18.9 Å². The molecule has 0 amide bonds. The number of benzene rings is 1. The largest absolute Gasteiger partial charge is 0.329 e. The van der Waals surface area contributed by atoms with Crippen LogP contribution in [0.25, 0.3) is 0 Å². The van der Waals surface area contributed by atoms with E-state index in [2.05, 4.69) is 29.6 Å². The minimum Gasteiger partial charge on any atom is -0.329 e. The summed E-state index contributed by atoms with van der Waals surface area (Å²) in [5.41, 5.74) is 7.05. The van der Waals surface area contributed by atoms with Gasteiger partial charge in [0.05, 0.1) is 0 Å². The maximum atomic E-state index is 5.75. The predicted octanol–water partition coefficient (Wildman–Crippen LogP) is 1.69. The summed E-state index contributed by atoms with van der Waals surface area (Å²) in [4.78, 5) is 0. The zero-order valence-corrected chi connectivity index (χ0v) is 8.45. The van der Waals surface area contributed by atoms with Crippen LogP contribution in [0.3, 0.4) is 0 Å². The van der Waals surface area contributed by atoms with Crippen LogP contribution in [0.5, 0.6) is 0 Å². The van der Waals surface area contributed by atoms with E-state index < -0.39 is 0 Å². The summed E-state index contributed by atoms with van der Waals surface area (Å²) in [5.74, 6) is 0.910. The summed E-state index contributed by atoms with van der Waals surface area (Å²) >= 11 is 0. The Hall–Kier alpha value is -0.860.